The highest BCUT2D eigenvalue weighted by atomic mass is 14.9. The van der Waals surface area contributed by atoms with Crippen molar-refractivity contribution in [3.8, 4) is 11.1 Å². The Bertz CT molecular complexity index is 565. The van der Waals surface area contributed by atoms with E-state index in [0.717, 1.165) is 0 Å². The lowest BCUT2D eigenvalue weighted by Crippen LogP contribution is -2.12. The largest absolute Gasteiger partial charge is 0.313 e. The van der Waals surface area contributed by atoms with Crippen LogP contribution in [0.15, 0.2) is 42.7 Å². The van der Waals surface area contributed by atoms with Crippen LogP contribution in [0.5, 0.6) is 0 Å². The van der Waals surface area contributed by atoms with E-state index < -0.39 is 0 Å². The summed E-state index contributed by atoms with van der Waals surface area (Å²) in [6, 6.07) is 11.3. The molecule has 1 N–H and O–H groups in total. The van der Waals surface area contributed by atoms with Crippen LogP contribution >= 0.6 is 0 Å². The van der Waals surface area contributed by atoms with E-state index in [1.807, 2.05) is 19.4 Å². The fourth-order valence-corrected chi connectivity index (χ4v) is 2.18. The molecule has 0 fully saturated rings. The van der Waals surface area contributed by atoms with Gasteiger partial charge >= 0.3 is 0 Å². The number of hydrogen-bond donors (Lipinski definition) is 1. The molecule has 0 saturated heterocycles. The molecule has 1 heterocycles. The number of nitrogens with one attached hydrogen (secondary N) is 1. The fourth-order valence-electron chi connectivity index (χ4n) is 2.18. The highest BCUT2D eigenvalue weighted by Gasteiger charge is 2.13. The van der Waals surface area contributed by atoms with Crippen LogP contribution in [-0.4, -0.2) is 12.0 Å². The lowest BCUT2D eigenvalue weighted by atomic mass is 9.86. The second kappa shape index (κ2) is 5.76. The number of nitrogens with zero attached hydrogens (tertiary/aromatic N) is 1. The molecule has 0 amide bonds. The Morgan fingerprint density at radius 2 is 1.65 bits per heavy atom. The molecule has 0 aliphatic carbocycles. The molecule has 0 aliphatic rings. The first-order valence-corrected chi connectivity index (χ1v) is 7.15. The van der Waals surface area contributed by atoms with Gasteiger partial charge < -0.3 is 5.32 Å². The summed E-state index contributed by atoms with van der Waals surface area (Å²) >= 11 is 0. The van der Waals surface area contributed by atoms with Gasteiger partial charge in [0.15, 0.2) is 0 Å². The minimum atomic E-state index is 0.194. The molecule has 1 atom stereocenters. The van der Waals surface area contributed by atoms with E-state index in [2.05, 4.69) is 68.3 Å². The van der Waals surface area contributed by atoms with Crippen molar-refractivity contribution in [2.75, 3.05) is 7.05 Å². The summed E-state index contributed by atoms with van der Waals surface area (Å²) in [6.45, 7) is 8.85. The monoisotopic (exact) mass is 268 g/mol. The van der Waals surface area contributed by atoms with Crippen molar-refractivity contribution in [3.05, 3.63) is 53.9 Å². The van der Waals surface area contributed by atoms with Gasteiger partial charge in [0.1, 0.15) is 0 Å². The van der Waals surface area contributed by atoms with Gasteiger partial charge in [0.2, 0.25) is 0 Å². The number of rotatable bonds is 3. The van der Waals surface area contributed by atoms with Crippen molar-refractivity contribution in [1.29, 1.82) is 0 Å². The summed E-state index contributed by atoms with van der Waals surface area (Å²) in [5.74, 6) is 0. The molecule has 0 aliphatic heterocycles. The highest BCUT2D eigenvalue weighted by Crippen LogP contribution is 2.26. The Morgan fingerprint density at radius 3 is 2.20 bits per heavy atom. The van der Waals surface area contributed by atoms with E-state index in [9.17, 15) is 0 Å². The van der Waals surface area contributed by atoms with Crippen LogP contribution in [0.3, 0.4) is 0 Å². The maximum atomic E-state index is 4.36. The zero-order chi connectivity index (χ0) is 14.8. The maximum Gasteiger partial charge on any atom is 0.0346 e. The normalized spacial score (nSPS) is 13.2. The Morgan fingerprint density at radius 1 is 1.00 bits per heavy atom. The zero-order valence-corrected chi connectivity index (χ0v) is 13.1. The molecule has 0 bridgehead atoms. The molecule has 2 heteroatoms. The third kappa shape index (κ3) is 3.26. The first-order valence-electron chi connectivity index (χ1n) is 7.15. The third-order valence-corrected chi connectivity index (χ3v) is 3.78. The summed E-state index contributed by atoms with van der Waals surface area (Å²) in [4.78, 5) is 4.36. The van der Waals surface area contributed by atoms with Gasteiger partial charge in [0, 0.05) is 24.0 Å². The van der Waals surface area contributed by atoms with E-state index in [1.54, 1.807) is 0 Å². The number of benzene rings is 1. The number of hydrogen-bond acceptors (Lipinski definition) is 2. The predicted octanol–water partition coefficient (Wildman–Crippen LogP) is 4.33. The van der Waals surface area contributed by atoms with Crippen LogP contribution in [0.25, 0.3) is 11.1 Å². The minimum absolute atomic E-state index is 0.194. The van der Waals surface area contributed by atoms with Crippen LogP contribution in [0.4, 0.5) is 0 Å². The molecular weight excluding hydrogens is 244 g/mol. The molecule has 106 valence electrons. The van der Waals surface area contributed by atoms with Crippen molar-refractivity contribution in [2.45, 2.75) is 39.2 Å². The average molecular weight is 268 g/mol. The van der Waals surface area contributed by atoms with Gasteiger partial charge in [0.25, 0.3) is 0 Å². The van der Waals surface area contributed by atoms with Crippen molar-refractivity contribution >= 4 is 0 Å². The van der Waals surface area contributed by atoms with Gasteiger partial charge in [0.05, 0.1) is 0 Å². The first kappa shape index (κ1) is 14.7. The molecule has 1 unspecified atom stereocenters. The molecule has 2 rings (SSSR count). The van der Waals surface area contributed by atoms with E-state index >= 15 is 0 Å². The lowest BCUT2D eigenvalue weighted by Gasteiger charge is -2.19. The third-order valence-electron chi connectivity index (χ3n) is 3.78. The molecule has 20 heavy (non-hydrogen) atoms. The van der Waals surface area contributed by atoms with Gasteiger partial charge in [-0.2, -0.15) is 0 Å². The van der Waals surface area contributed by atoms with E-state index in [-0.39, 0.29) is 5.41 Å². The van der Waals surface area contributed by atoms with E-state index in [1.165, 1.54) is 22.3 Å². The molecule has 2 nitrogen and oxygen atoms in total. The van der Waals surface area contributed by atoms with Gasteiger partial charge in [-0.3, -0.25) is 4.98 Å². The Hall–Kier alpha value is -1.67. The summed E-state index contributed by atoms with van der Waals surface area (Å²) in [5.41, 5.74) is 5.15. The standard InChI is InChI=1S/C18H24N2/c1-13(19-5)15-10-16(12-20-11-15)14-6-8-17(9-7-14)18(2,3)4/h6-13,19H,1-5H3. The Balaban J connectivity index is 2.32. The van der Waals surface area contributed by atoms with Crippen molar-refractivity contribution in [2.24, 2.45) is 0 Å². The van der Waals surface area contributed by atoms with Gasteiger partial charge in [-0.1, -0.05) is 45.0 Å². The van der Waals surface area contributed by atoms with Crippen LogP contribution in [0, 0.1) is 0 Å². The second-order valence-corrected chi connectivity index (χ2v) is 6.34. The van der Waals surface area contributed by atoms with Gasteiger partial charge in [-0.15, -0.1) is 0 Å². The Labute approximate surface area is 122 Å². The molecular formula is C18H24N2. The SMILES string of the molecule is CNC(C)c1cncc(-c2ccc(C(C)(C)C)cc2)c1. The van der Waals surface area contributed by atoms with Crippen LogP contribution in [0.1, 0.15) is 44.9 Å². The molecule has 0 radical (unpaired) electrons. The minimum Gasteiger partial charge on any atom is -0.313 e. The first-order chi connectivity index (χ1) is 9.41. The molecule has 1 aromatic carbocycles. The van der Waals surface area contributed by atoms with E-state index in [0.29, 0.717) is 6.04 Å². The van der Waals surface area contributed by atoms with Crippen LogP contribution in [0.2, 0.25) is 0 Å². The molecule has 2 aromatic rings. The zero-order valence-electron chi connectivity index (χ0n) is 13.1. The maximum absolute atomic E-state index is 4.36. The molecule has 0 spiro atoms. The fraction of sp³-hybridized carbons (Fsp3) is 0.389. The topological polar surface area (TPSA) is 24.9 Å². The average Bonchev–Trinajstić information content (AvgIpc) is 2.46. The lowest BCUT2D eigenvalue weighted by molar-refractivity contribution is 0.590. The van der Waals surface area contributed by atoms with Crippen molar-refractivity contribution < 1.29 is 0 Å². The van der Waals surface area contributed by atoms with Crippen molar-refractivity contribution in [3.63, 3.8) is 0 Å². The van der Waals surface area contributed by atoms with Crippen LogP contribution in [-0.2, 0) is 5.41 Å². The van der Waals surface area contributed by atoms with Gasteiger partial charge in [-0.05, 0) is 42.1 Å². The Kier molecular flexibility index (Phi) is 4.24. The number of pyridine rings is 1. The quantitative estimate of drug-likeness (QED) is 0.896. The number of aromatic nitrogens is 1. The second-order valence-electron chi connectivity index (χ2n) is 6.34. The highest BCUT2D eigenvalue weighted by molar-refractivity contribution is 5.63. The molecule has 1 aromatic heterocycles. The van der Waals surface area contributed by atoms with Gasteiger partial charge in [-0.25, -0.2) is 0 Å². The molecule has 0 saturated carbocycles. The summed E-state index contributed by atoms with van der Waals surface area (Å²) in [7, 11) is 1.97. The summed E-state index contributed by atoms with van der Waals surface area (Å²) in [5, 5.41) is 3.25. The van der Waals surface area contributed by atoms with Crippen molar-refractivity contribution in [1.82, 2.24) is 10.3 Å². The van der Waals surface area contributed by atoms with E-state index in [4.69, 9.17) is 0 Å². The van der Waals surface area contributed by atoms with Crippen LogP contribution < -0.4 is 5.32 Å². The summed E-state index contributed by atoms with van der Waals surface area (Å²) < 4.78 is 0. The predicted molar refractivity (Wildman–Crippen MR) is 85.8 cm³/mol. The smallest absolute Gasteiger partial charge is 0.0346 e. The summed E-state index contributed by atoms with van der Waals surface area (Å²) in [6.07, 6.45) is 3.85.